The van der Waals surface area contributed by atoms with E-state index in [1.807, 2.05) is 36.4 Å². The van der Waals surface area contributed by atoms with Crippen molar-refractivity contribution in [2.24, 2.45) is 0 Å². The molecule has 0 amide bonds. The normalized spacial score (nSPS) is 11.8. The molecule has 9 aromatic carbocycles. The minimum absolute atomic E-state index is 0.605. The molecular weight excluding hydrogens is 711 g/mol. The Bertz CT molecular complexity index is 3560. The zero-order valence-electron chi connectivity index (χ0n) is 31.1. The Morgan fingerprint density at radius 3 is 1.50 bits per heavy atom. The highest BCUT2D eigenvalue weighted by atomic mass is 16.3. The number of hydrogen-bond donors (Lipinski definition) is 0. The second-order valence-electron chi connectivity index (χ2n) is 14.8. The van der Waals surface area contributed by atoms with Crippen LogP contribution in [0.15, 0.2) is 197 Å². The van der Waals surface area contributed by atoms with Crippen LogP contribution < -0.4 is 0 Å². The van der Waals surface area contributed by atoms with Gasteiger partial charge in [-0.2, -0.15) is 0 Å². The molecule has 0 N–H and O–H groups in total. The number of benzene rings is 9. The minimum atomic E-state index is 0.605. The van der Waals surface area contributed by atoms with E-state index in [9.17, 15) is 0 Å². The first-order valence-electron chi connectivity index (χ1n) is 19.4. The third-order valence-electron chi connectivity index (χ3n) is 11.3. The van der Waals surface area contributed by atoms with Crippen LogP contribution >= 0.6 is 0 Å². The summed E-state index contributed by atoms with van der Waals surface area (Å²) >= 11 is 0. The number of aromatic nitrogens is 3. The maximum atomic E-state index is 6.20. The highest BCUT2D eigenvalue weighted by molar-refractivity contribution is 6.19. The van der Waals surface area contributed by atoms with Gasteiger partial charge in [0.1, 0.15) is 22.3 Å². The lowest BCUT2D eigenvalue weighted by Gasteiger charge is -2.11. The first-order valence-corrected chi connectivity index (χ1v) is 19.4. The second kappa shape index (κ2) is 12.8. The lowest BCUT2D eigenvalue weighted by molar-refractivity contribution is 0.668. The smallest absolute Gasteiger partial charge is 0.164 e. The van der Waals surface area contributed by atoms with Crippen LogP contribution in [0.5, 0.6) is 0 Å². The van der Waals surface area contributed by atoms with Crippen LogP contribution in [0.2, 0.25) is 0 Å². The van der Waals surface area contributed by atoms with Crippen molar-refractivity contribution in [3.05, 3.63) is 188 Å². The molecule has 5 heteroatoms. The van der Waals surface area contributed by atoms with Crippen molar-refractivity contribution in [1.29, 1.82) is 0 Å². The highest BCUT2D eigenvalue weighted by Gasteiger charge is 2.17. The summed E-state index contributed by atoms with van der Waals surface area (Å²) in [7, 11) is 0. The molecule has 3 heterocycles. The molecule has 0 saturated carbocycles. The van der Waals surface area contributed by atoms with Crippen LogP contribution in [0.25, 0.3) is 122 Å². The quantitative estimate of drug-likeness (QED) is 0.176. The predicted molar refractivity (Wildman–Crippen MR) is 237 cm³/mol. The number of fused-ring (bicyclic) bond motifs is 9. The molecule has 5 nitrogen and oxygen atoms in total. The van der Waals surface area contributed by atoms with E-state index in [0.29, 0.717) is 17.5 Å². The van der Waals surface area contributed by atoms with Gasteiger partial charge >= 0.3 is 0 Å². The predicted octanol–water partition coefficient (Wildman–Crippen LogP) is 14.3. The minimum Gasteiger partial charge on any atom is -0.456 e. The van der Waals surface area contributed by atoms with E-state index >= 15 is 0 Å². The Labute approximate surface area is 332 Å². The first kappa shape index (κ1) is 32.4. The molecule has 12 rings (SSSR count). The van der Waals surface area contributed by atoms with E-state index in [4.69, 9.17) is 23.8 Å². The van der Waals surface area contributed by atoms with Gasteiger partial charge in [0.2, 0.25) is 0 Å². The molecule has 0 bridgehead atoms. The van der Waals surface area contributed by atoms with Gasteiger partial charge in [-0.3, -0.25) is 0 Å². The fourth-order valence-electron chi connectivity index (χ4n) is 8.45. The lowest BCUT2D eigenvalue weighted by Crippen LogP contribution is -2.00. The Hall–Kier alpha value is -7.89. The molecule has 0 aliphatic heterocycles. The van der Waals surface area contributed by atoms with E-state index in [-0.39, 0.29) is 0 Å². The van der Waals surface area contributed by atoms with Crippen molar-refractivity contribution >= 4 is 65.4 Å². The number of furan rings is 2. The zero-order valence-corrected chi connectivity index (χ0v) is 31.1. The van der Waals surface area contributed by atoms with E-state index < -0.39 is 0 Å². The van der Waals surface area contributed by atoms with Gasteiger partial charge in [0.15, 0.2) is 17.5 Å². The third-order valence-corrected chi connectivity index (χ3v) is 11.3. The molecule has 0 spiro atoms. The fraction of sp³-hybridized carbons (Fsp3) is 0. The van der Waals surface area contributed by atoms with E-state index in [1.54, 1.807) is 0 Å². The number of para-hydroxylation sites is 2. The maximum Gasteiger partial charge on any atom is 0.164 e. The number of rotatable bonds is 5. The van der Waals surface area contributed by atoms with Gasteiger partial charge in [0.25, 0.3) is 0 Å². The Morgan fingerprint density at radius 2 is 0.776 bits per heavy atom. The summed E-state index contributed by atoms with van der Waals surface area (Å²) in [4.78, 5) is 15.4. The van der Waals surface area contributed by atoms with Crippen LogP contribution in [0.4, 0.5) is 0 Å². The lowest BCUT2D eigenvalue weighted by atomic mass is 9.98. The molecule has 0 aliphatic rings. The van der Waals surface area contributed by atoms with Gasteiger partial charge in [0, 0.05) is 38.2 Å². The second-order valence-corrected chi connectivity index (χ2v) is 14.8. The first-order chi connectivity index (χ1) is 28.7. The summed E-state index contributed by atoms with van der Waals surface area (Å²) in [6.45, 7) is 0. The van der Waals surface area contributed by atoms with Crippen molar-refractivity contribution in [2.75, 3.05) is 0 Å². The van der Waals surface area contributed by atoms with Gasteiger partial charge < -0.3 is 8.83 Å². The zero-order chi connectivity index (χ0) is 38.2. The van der Waals surface area contributed by atoms with Gasteiger partial charge in [-0.15, -0.1) is 0 Å². The topological polar surface area (TPSA) is 65.0 Å². The standard InChI is InChI=1S/C53H31N3O2/c1-2-9-37-30-38(25-18-32(37)8-1)33-16-21-35(22-17-33)51-54-52(36-23-19-34(20-24-36)41-12-7-15-47-49(41)43-10-3-5-13-45(43)57-47)56-53(55-51)40-26-28-42-39(31-40)27-29-48-50(42)44-11-4-6-14-46(44)58-48/h1-31H. The van der Waals surface area contributed by atoms with E-state index in [2.05, 4.69) is 152 Å². The number of hydrogen-bond acceptors (Lipinski definition) is 5. The average Bonchev–Trinajstić information content (AvgIpc) is 3.88. The summed E-state index contributed by atoms with van der Waals surface area (Å²) in [6, 6.07) is 65.3. The molecule has 0 saturated heterocycles. The van der Waals surface area contributed by atoms with Gasteiger partial charge in [0.05, 0.1) is 0 Å². The van der Waals surface area contributed by atoms with Crippen LogP contribution in [-0.2, 0) is 0 Å². The molecule has 0 atom stereocenters. The summed E-state index contributed by atoms with van der Waals surface area (Å²) in [5.74, 6) is 1.82. The molecule has 0 unspecified atom stereocenters. The van der Waals surface area contributed by atoms with Crippen molar-refractivity contribution in [1.82, 2.24) is 15.0 Å². The highest BCUT2D eigenvalue weighted by Crippen LogP contribution is 2.39. The van der Waals surface area contributed by atoms with Crippen molar-refractivity contribution in [3.63, 3.8) is 0 Å². The monoisotopic (exact) mass is 741 g/mol. The number of nitrogens with zero attached hydrogens (tertiary/aromatic N) is 3. The molecular formula is C53H31N3O2. The summed E-state index contributed by atoms with van der Waals surface area (Å²) in [5, 5.41) is 9.09. The SMILES string of the molecule is c1ccc2cc(-c3ccc(-c4nc(-c5ccc(-c6cccc7oc8ccccc8c67)cc5)nc(-c5ccc6c(ccc7oc8ccccc8c76)c5)n4)cc3)ccc2c1. The Kier molecular flexibility index (Phi) is 7.16. The maximum absolute atomic E-state index is 6.20. The molecule has 270 valence electrons. The summed E-state index contributed by atoms with van der Waals surface area (Å²) < 4.78 is 12.4. The van der Waals surface area contributed by atoms with Crippen molar-refractivity contribution in [2.45, 2.75) is 0 Å². The van der Waals surface area contributed by atoms with E-state index in [1.165, 1.54) is 10.8 Å². The van der Waals surface area contributed by atoms with Gasteiger partial charge in [-0.25, -0.2) is 15.0 Å². The summed E-state index contributed by atoms with van der Waals surface area (Å²) in [6.07, 6.45) is 0. The van der Waals surface area contributed by atoms with Gasteiger partial charge in [-0.1, -0.05) is 152 Å². The van der Waals surface area contributed by atoms with Crippen molar-refractivity contribution < 1.29 is 8.83 Å². The Morgan fingerprint density at radius 1 is 0.276 bits per heavy atom. The fourth-order valence-corrected chi connectivity index (χ4v) is 8.45. The largest absolute Gasteiger partial charge is 0.456 e. The molecule has 0 fully saturated rings. The van der Waals surface area contributed by atoms with E-state index in [0.717, 1.165) is 93.6 Å². The van der Waals surface area contributed by atoms with Crippen LogP contribution in [0, 0.1) is 0 Å². The molecule has 58 heavy (non-hydrogen) atoms. The molecule has 12 aromatic rings. The van der Waals surface area contributed by atoms with Crippen molar-refractivity contribution in [3.8, 4) is 56.4 Å². The molecule has 0 radical (unpaired) electrons. The average molecular weight is 742 g/mol. The molecule has 0 aliphatic carbocycles. The summed E-state index contributed by atoms with van der Waals surface area (Å²) in [5.41, 5.74) is 10.7. The molecule has 3 aromatic heterocycles. The van der Waals surface area contributed by atoms with Crippen LogP contribution in [0.1, 0.15) is 0 Å². The van der Waals surface area contributed by atoms with Crippen LogP contribution in [-0.4, -0.2) is 15.0 Å². The Balaban J connectivity index is 0.976. The van der Waals surface area contributed by atoms with Crippen LogP contribution in [0.3, 0.4) is 0 Å². The van der Waals surface area contributed by atoms with Gasteiger partial charge in [-0.05, 0) is 80.2 Å². The third kappa shape index (κ3) is 5.29.